The van der Waals surface area contributed by atoms with Crippen molar-refractivity contribution >= 4 is 29.4 Å². The number of para-hydroxylation sites is 2. The number of imide groups is 1. The van der Waals surface area contributed by atoms with E-state index in [-0.39, 0.29) is 22.7 Å². The summed E-state index contributed by atoms with van der Waals surface area (Å²) in [5.74, 6) is -1.69. The first-order chi connectivity index (χ1) is 14.2. The molecule has 1 atom stereocenters. The predicted octanol–water partition coefficient (Wildman–Crippen LogP) is 2.88. The van der Waals surface area contributed by atoms with Gasteiger partial charge in [-0.2, -0.15) is 0 Å². The lowest BCUT2D eigenvalue weighted by Gasteiger charge is -2.17. The summed E-state index contributed by atoms with van der Waals surface area (Å²) in [5.41, 5.74) is 0.919. The summed E-state index contributed by atoms with van der Waals surface area (Å²) < 4.78 is 10.4. The molecule has 30 heavy (non-hydrogen) atoms. The second-order valence-corrected chi connectivity index (χ2v) is 7.07. The van der Waals surface area contributed by atoms with Crippen molar-refractivity contribution in [3.63, 3.8) is 0 Å². The Balaban J connectivity index is 1.72. The summed E-state index contributed by atoms with van der Waals surface area (Å²) in [5, 5.41) is 2.64. The molecule has 1 heterocycles. The fraction of sp³-hybridized carbons (Fsp3) is 0.273. The number of hydrogen-bond donors (Lipinski definition) is 1. The van der Waals surface area contributed by atoms with Crippen molar-refractivity contribution in [1.82, 2.24) is 4.90 Å². The van der Waals surface area contributed by atoms with Gasteiger partial charge in [0.15, 0.2) is 6.10 Å². The number of carbonyl (C=O) groups excluding carboxylic acids is 4. The van der Waals surface area contributed by atoms with Crippen molar-refractivity contribution in [2.24, 2.45) is 0 Å². The Labute approximate surface area is 173 Å². The minimum absolute atomic E-state index is 0.0810. The molecule has 1 N–H and O–H groups in total. The molecule has 0 bridgehead atoms. The second-order valence-electron chi connectivity index (χ2n) is 7.07. The summed E-state index contributed by atoms with van der Waals surface area (Å²) in [6.07, 6.45) is -1.10. The predicted molar refractivity (Wildman–Crippen MR) is 109 cm³/mol. The summed E-state index contributed by atoms with van der Waals surface area (Å²) in [4.78, 5) is 50.9. The molecule has 156 valence electrons. The second kappa shape index (κ2) is 8.36. The zero-order valence-corrected chi connectivity index (χ0v) is 17.1. The van der Waals surface area contributed by atoms with Crippen LogP contribution in [-0.4, -0.2) is 47.8 Å². The number of fused-ring (bicyclic) bond motifs is 1. The topological polar surface area (TPSA) is 102 Å². The first kappa shape index (κ1) is 21.0. The zero-order chi connectivity index (χ0) is 22.0. The van der Waals surface area contributed by atoms with Gasteiger partial charge in [0.05, 0.1) is 29.5 Å². The van der Waals surface area contributed by atoms with Gasteiger partial charge in [-0.15, -0.1) is 0 Å². The van der Waals surface area contributed by atoms with Crippen LogP contribution in [0, 0.1) is 0 Å². The smallest absolute Gasteiger partial charge is 0.338 e. The van der Waals surface area contributed by atoms with Gasteiger partial charge in [-0.25, -0.2) is 4.79 Å². The number of ether oxygens (including phenoxy) is 2. The Hall–Kier alpha value is -3.68. The minimum atomic E-state index is -1.10. The first-order valence-electron chi connectivity index (χ1n) is 9.41. The van der Waals surface area contributed by atoms with E-state index in [0.717, 1.165) is 4.90 Å². The number of methoxy groups -OCH3 is 1. The molecule has 3 rings (SSSR count). The maximum atomic E-state index is 12.5. The standard InChI is InChI=1S/C22H22N2O6/c1-12(2)24-20(26)15-10-9-14(11-16(15)21(24)27)22(28)30-13(3)19(25)23-17-7-5-6-8-18(17)29-4/h5-13H,1-4H3,(H,23,25)/t13-/m1/s1. The van der Waals surface area contributed by atoms with Gasteiger partial charge >= 0.3 is 5.97 Å². The van der Waals surface area contributed by atoms with Crippen LogP contribution in [0.1, 0.15) is 51.8 Å². The molecular weight excluding hydrogens is 388 g/mol. The molecule has 1 aliphatic heterocycles. The molecule has 0 saturated carbocycles. The van der Waals surface area contributed by atoms with Gasteiger partial charge < -0.3 is 14.8 Å². The van der Waals surface area contributed by atoms with Gasteiger partial charge in [0.1, 0.15) is 5.75 Å². The third kappa shape index (κ3) is 3.89. The Morgan fingerprint density at radius 3 is 2.30 bits per heavy atom. The normalized spacial score (nSPS) is 13.8. The van der Waals surface area contributed by atoms with E-state index < -0.39 is 29.8 Å². The van der Waals surface area contributed by atoms with Gasteiger partial charge in [-0.1, -0.05) is 12.1 Å². The van der Waals surface area contributed by atoms with Crippen LogP contribution < -0.4 is 10.1 Å². The van der Waals surface area contributed by atoms with Crippen molar-refractivity contribution in [3.8, 4) is 5.75 Å². The Bertz CT molecular complexity index is 1030. The third-order valence-electron chi connectivity index (χ3n) is 4.69. The highest BCUT2D eigenvalue weighted by Crippen LogP contribution is 2.26. The lowest BCUT2D eigenvalue weighted by atomic mass is 10.1. The molecule has 2 aromatic rings. The van der Waals surface area contributed by atoms with Crippen LogP contribution in [-0.2, 0) is 9.53 Å². The lowest BCUT2D eigenvalue weighted by Crippen LogP contribution is -2.35. The molecule has 8 nitrogen and oxygen atoms in total. The average Bonchev–Trinajstić information content (AvgIpc) is 2.98. The monoisotopic (exact) mass is 410 g/mol. The third-order valence-corrected chi connectivity index (χ3v) is 4.69. The largest absolute Gasteiger partial charge is 0.495 e. The summed E-state index contributed by atoms with van der Waals surface area (Å²) >= 11 is 0. The molecular formula is C22H22N2O6. The van der Waals surface area contributed by atoms with Crippen LogP contribution in [0.2, 0.25) is 0 Å². The average molecular weight is 410 g/mol. The van der Waals surface area contributed by atoms with Crippen LogP contribution in [0.15, 0.2) is 42.5 Å². The number of benzene rings is 2. The maximum absolute atomic E-state index is 12.5. The number of nitrogens with one attached hydrogen (secondary N) is 1. The van der Waals surface area contributed by atoms with Gasteiger partial charge in [-0.3, -0.25) is 19.3 Å². The van der Waals surface area contributed by atoms with E-state index in [1.54, 1.807) is 38.1 Å². The van der Waals surface area contributed by atoms with Crippen LogP contribution in [0.5, 0.6) is 5.75 Å². The van der Waals surface area contributed by atoms with Crippen LogP contribution >= 0.6 is 0 Å². The highest BCUT2D eigenvalue weighted by Gasteiger charge is 2.37. The molecule has 0 fully saturated rings. The number of nitrogens with zero attached hydrogens (tertiary/aromatic N) is 1. The summed E-state index contributed by atoms with van der Waals surface area (Å²) in [6.45, 7) is 4.91. The SMILES string of the molecule is COc1ccccc1NC(=O)[C@@H](C)OC(=O)c1ccc2c(c1)C(=O)N(C(C)C)C2=O. The van der Waals surface area contributed by atoms with Crippen molar-refractivity contribution in [3.05, 3.63) is 59.2 Å². The van der Waals surface area contributed by atoms with Gasteiger partial charge in [0.25, 0.3) is 17.7 Å². The van der Waals surface area contributed by atoms with Gasteiger partial charge in [-0.05, 0) is 51.1 Å². The molecule has 8 heteroatoms. The Kier molecular flexibility index (Phi) is 5.86. The van der Waals surface area contributed by atoms with Crippen molar-refractivity contribution in [2.45, 2.75) is 32.9 Å². The number of carbonyl (C=O) groups is 4. The number of esters is 1. The van der Waals surface area contributed by atoms with Crippen LogP contribution in [0.25, 0.3) is 0 Å². The number of rotatable bonds is 6. The van der Waals surface area contributed by atoms with Crippen molar-refractivity contribution < 1.29 is 28.7 Å². The molecule has 0 radical (unpaired) electrons. The first-order valence-corrected chi connectivity index (χ1v) is 9.41. The van der Waals surface area contributed by atoms with Crippen LogP contribution in [0.4, 0.5) is 5.69 Å². The highest BCUT2D eigenvalue weighted by molar-refractivity contribution is 6.22. The van der Waals surface area contributed by atoms with Crippen molar-refractivity contribution in [1.29, 1.82) is 0 Å². The fourth-order valence-electron chi connectivity index (χ4n) is 3.12. The zero-order valence-electron chi connectivity index (χ0n) is 17.1. The van der Waals surface area contributed by atoms with E-state index >= 15 is 0 Å². The van der Waals surface area contributed by atoms with Crippen LogP contribution in [0.3, 0.4) is 0 Å². The molecule has 0 unspecified atom stereocenters. The summed E-state index contributed by atoms with van der Waals surface area (Å²) in [6, 6.07) is 10.7. The summed E-state index contributed by atoms with van der Waals surface area (Å²) in [7, 11) is 1.48. The van der Waals surface area contributed by atoms with E-state index in [2.05, 4.69) is 5.32 Å². The Morgan fingerprint density at radius 2 is 1.63 bits per heavy atom. The fourth-order valence-corrected chi connectivity index (χ4v) is 3.12. The number of amides is 3. The molecule has 2 aromatic carbocycles. The van der Waals surface area contributed by atoms with E-state index in [9.17, 15) is 19.2 Å². The Morgan fingerprint density at radius 1 is 0.967 bits per heavy atom. The molecule has 0 spiro atoms. The van der Waals surface area contributed by atoms with Gasteiger partial charge in [0.2, 0.25) is 0 Å². The van der Waals surface area contributed by atoms with Crippen molar-refractivity contribution in [2.75, 3.05) is 12.4 Å². The van der Waals surface area contributed by atoms with E-state index in [4.69, 9.17) is 9.47 Å². The maximum Gasteiger partial charge on any atom is 0.338 e. The van der Waals surface area contributed by atoms with E-state index in [1.165, 1.54) is 32.2 Å². The molecule has 0 aliphatic carbocycles. The number of anilines is 1. The minimum Gasteiger partial charge on any atom is -0.495 e. The lowest BCUT2D eigenvalue weighted by molar-refractivity contribution is -0.123. The van der Waals surface area contributed by atoms with Gasteiger partial charge in [0, 0.05) is 6.04 Å². The molecule has 3 amide bonds. The quantitative estimate of drug-likeness (QED) is 0.580. The number of hydrogen-bond acceptors (Lipinski definition) is 6. The molecule has 1 aliphatic rings. The highest BCUT2D eigenvalue weighted by atomic mass is 16.5. The van der Waals surface area contributed by atoms with E-state index in [1.807, 2.05) is 0 Å². The molecule has 0 saturated heterocycles. The van der Waals surface area contributed by atoms with E-state index in [0.29, 0.717) is 11.4 Å². The molecule has 0 aromatic heterocycles.